The highest BCUT2D eigenvalue weighted by Gasteiger charge is 2.31. The number of nitriles is 1. The van der Waals surface area contributed by atoms with Gasteiger partial charge in [-0.2, -0.15) is 5.26 Å². The van der Waals surface area contributed by atoms with Crippen LogP contribution in [0.25, 0.3) is 11.1 Å². The minimum Gasteiger partial charge on any atom is -0.406 e. The van der Waals surface area contributed by atoms with E-state index in [1.165, 1.54) is 35.9 Å². The molecule has 1 aromatic heterocycles. The van der Waals surface area contributed by atoms with E-state index in [0.717, 1.165) is 0 Å². The Bertz CT molecular complexity index is 838. The van der Waals surface area contributed by atoms with Crippen molar-refractivity contribution < 1.29 is 17.9 Å². The number of ether oxygens (including phenoxy) is 1. The van der Waals surface area contributed by atoms with Crippen molar-refractivity contribution in [2.75, 3.05) is 0 Å². The van der Waals surface area contributed by atoms with Crippen LogP contribution < -0.4 is 10.3 Å². The molecule has 0 spiro atoms. The van der Waals surface area contributed by atoms with Gasteiger partial charge in [0.25, 0.3) is 5.56 Å². The minimum atomic E-state index is -4.79. The van der Waals surface area contributed by atoms with Crippen LogP contribution in [0.15, 0.2) is 35.1 Å². The molecule has 0 saturated carbocycles. The summed E-state index contributed by atoms with van der Waals surface area (Å²) in [6.45, 7) is 0. The quantitative estimate of drug-likeness (QED) is 0.755. The first-order valence-corrected chi connectivity index (χ1v) is 7.44. The highest BCUT2D eigenvalue weighted by atomic mass is 79.9. The Morgan fingerprint density at radius 2 is 2.04 bits per heavy atom. The Labute approximate surface area is 137 Å². The average Bonchev–Trinajstić information content (AvgIpc) is 2.48. The second kappa shape index (κ2) is 6.46. The molecule has 1 aromatic carbocycles. The van der Waals surface area contributed by atoms with E-state index in [1.54, 1.807) is 12.1 Å². The molecule has 0 unspecified atom stereocenters. The summed E-state index contributed by atoms with van der Waals surface area (Å²) < 4.78 is 42.2. The molecule has 23 heavy (non-hydrogen) atoms. The molecule has 0 aliphatic rings. The maximum atomic E-state index is 12.3. The number of rotatable bonds is 3. The number of hydrogen-bond donors (Lipinski definition) is 0. The number of benzene rings is 1. The van der Waals surface area contributed by atoms with Crippen LogP contribution in [0.3, 0.4) is 0 Å². The van der Waals surface area contributed by atoms with Gasteiger partial charge in [0.2, 0.25) is 0 Å². The predicted octanol–water partition coefficient (Wildman–Crippen LogP) is 3.72. The van der Waals surface area contributed by atoms with Crippen LogP contribution in [0.4, 0.5) is 13.2 Å². The Hall–Kier alpha value is -2.27. The van der Waals surface area contributed by atoms with Crippen molar-refractivity contribution in [1.29, 1.82) is 5.26 Å². The number of pyridine rings is 1. The second-order valence-electron chi connectivity index (χ2n) is 4.60. The molecule has 0 bridgehead atoms. The second-order valence-corrected chi connectivity index (χ2v) is 5.16. The summed E-state index contributed by atoms with van der Waals surface area (Å²) in [5.74, 6) is -0.372. The fraction of sp³-hybridized carbons (Fsp3) is 0.200. The zero-order valence-corrected chi connectivity index (χ0v) is 13.4. The highest BCUT2D eigenvalue weighted by molar-refractivity contribution is 9.08. The van der Waals surface area contributed by atoms with Crippen LogP contribution in [-0.4, -0.2) is 10.9 Å². The first kappa shape index (κ1) is 17.1. The maximum Gasteiger partial charge on any atom is 0.573 e. The molecular weight excluding hydrogens is 377 g/mol. The molecule has 0 fully saturated rings. The molecule has 0 radical (unpaired) electrons. The van der Waals surface area contributed by atoms with Crippen molar-refractivity contribution in [1.82, 2.24) is 4.57 Å². The van der Waals surface area contributed by atoms with E-state index < -0.39 is 11.9 Å². The van der Waals surface area contributed by atoms with E-state index in [4.69, 9.17) is 5.26 Å². The van der Waals surface area contributed by atoms with Crippen molar-refractivity contribution in [3.8, 4) is 22.9 Å². The Kier molecular flexibility index (Phi) is 4.80. The van der Waals surface area contributed by atoms with Gasteiger partial charge >= 0.3 is 6.36 Å². The first-order valence-electron chi connectivity index (χ1n) is 6.32. The smallest absolute Gasteiger partial charge is 0.406 e. The SMILES string of the molecule is Cn1c(CBr)c(-c2cccc(OC(F)(F)F)c2)cc(C#N)c1=O. The number of alkyl halides is 4. The molecule has 0 saturated heterocycles. The molecule has 0 aliphatic carbocycles. The maximum absolute atomic E-state index is 12.3. The van der Waals surface area contributed by atoms with Crippen molar-refractivity contribution in [3.05, 3.63) is 51.9 Å². The first-order chi connectivity index (χ1) is 10.8. The lowest BCUT2D eigenvalue weighted by molar-refractivity contribution is -0.274. The van der Waals surface area contributed by atoms with Gasteiger partial charge in [-0.15, -0.1) is 13.2 Å². The Balaban J connectivity index is 2.63. The van der Waals surface area contributed by atoms with Crippen molar-refractivity contribution in [3.63, 3.8) is 0 Å². The van der Waals surface area contributed by atoms with Gasteiger partial charge in [-0.05, 0) is 23.8 Å². The molecule has 8 heteroatoms. The van der Waals surface area contributed by atoms with E-state index in [-0.39, 0.29) is 11.3 Å². The largest absolute Gasteiger partial charge is 0.573 e. The summed E-state index contributed by atoms with van der Waals surface area (Å²) in [6, 6.07) is 8.53. The van der Waals surface area contributed by atoms with Gasteiger partial charge in [0.15, 0.2) is 0 Å². The van der Waals surface area contributed by atoms with Crippen LogP contribution in [0, 0.1) is 11.3 Å². The summed E-state index contributed by atoms with van der Waals surface area (Å²) >= 11 is 3.25. The summed E-state index contributed by atoms with van der Waals surface area (Å²) in [7, 11) is 1.50. The zero-order chi connectivity index (χ0) is 17.2. The van der Waals surface area contributed by atoms with E-state index in [0.29, 0.717) is 22.2 Å². The monoisotopic (exact) mass is 386 g/mol. The predicted molar refractivity (Wildman–Crippen MR) is 81.1 cm³/mol. The average molecular weight is 387 g/mol. The molecule has 4 nitrogen and oxygen atoms in total. The summed E-state index contributed by atoms with van der Waals surface area (Å²) in [5, 5.41) is 9.33. The van der Waals surface area contributed by atoms with Crippen molar-refractivity contribution >= 4 is 15.9 Å². The summed E-state index contributed by atoms with van der Waals surface area (Å²) in [5.41, 5.74) is 0.877. The third kappa shape index (κ3) is 3.74. The van der Waals surface area contributed by atoms with Gasteiger partial charge in [-0.3, -0.25) is 4.79 Å². The molecule has 0 atom stereocenters. The molecule has 0 N–H and O–H groups in total. The van der Waals surface area contributed by atoms with Gasteiger partial charge < -0.3 is 9.30 Å². The minimum absolute atomic E-state index is 0.0886. The highest BCUT2D eigenvalue weighted by Crippen LogP contribution is 2.30. The van der Waals surface area contributed by atoms with Crippen LogP contribution >= 0.6 is 15.9 Å². The van der Waals surface area contributed by atoms with E-state index >= 15 is 0 Å². The molecule has 0 amide bonds. The number of halogens is 4. The van der Waals surface area contributed by atoms with Crippen LogP contribution in [0.1, 0.15) is 11.3 Å². The molecule has 0 aliphatic heterocycles. The van der Waals surface area contributed by atoms with Crippen LogP contribution in [-0.2, 0) is 12.4 Å². The fourth-order valence-corrected chi connectivity index (χ4v) is 2.80. The van der Waals surface area contributed by atoms with Gasteiger partial charge in [-0.25, -0.2) is 0 Å². The van der Waals surface area contributed by atoms with Gasteiger partial charge in [0, 0.05) is 23.6 Å². The Morgan fingerprint density at radius 1 is 1.35 bits per heavy atom. The van der Waals surface area contributed by atoms with Crippen LogP contribution in [0.2, 0.25) is 0 Å². The summed E-state index contributed by atoms with van der Waals surface area (Å²) in [6.07, 6.45) is -4.79. The van der Waals surface area contributed by atoms with Gasteiger partial charge in [-0.1, -0.05) is 28.1 Å². The van der Waals surface area contributed by atoms with Crippen molar-refractivity contribution in [2.24, 2.45) is 7.05 Å². The summed E-state index contributed by atoms with van der Waals surface area (Å²) in [4.78, 5) is 12.0. The third-order valence-corrected chi connectivity index (χ3v) is 3.70. The lowest BCUT2D eigenvalue weighted by Crippen LogP contribution is -2.23. The zero-order valence-electron chi connectivity index (χ0n) is 11.8. The Morgan fingerprint density at radius 3 is 2.61 bits per heavy atom. The standard InChI is InChI=1S/C15H10BrF3N2O2/c1-21-13(7-16)12(6-10(8-20)14(21)22)9-3-2-4-11(5-9)23-15(17,18)19/h2-6H,7H2,1H3. The molecule has 2 aromatic rings. The lowest BCUT2D eigenvalue weighted by atomic mass is 10.0. The third-order valence-electron chi connectivity index (χ3n) is 3.17. The molecule has 2 rings (SSSR count). The number of nitrogens with zero attached hydrogens (tertiary/aromatic N) is 2. The van der Waals surface area contributed by atoms with Crippen LogP contribution in [0.5, 0.6) is 5.75 Å². The molecule has 120 valence electrons. The van der Waals surface area contributed by atoms with Crippen molar-refractivity contribution in [2.45, 2.75) is 11.7 Å². The lowest BCUT2D eigenvalue weighted by Gasteiger charge is -2.14. The molecular formula is C15H10BrF3N2O2. The fourth-order valence-electron chi connectivity index (χ4n) is 2.13. The van der Waals surface area contributed by atoms with E-state index in [1.807, 2.05) is 0 Å². The van der Waals surface area contributed by atoms with Gasteiger partial charge in [0.1, 0.15) is 17.4 Å². The number of aromatic nitrogens is 1. The van der Waals surface area contributed by atoms with Gasteiger partial charge in [0.05, 0.1) is 0 Å². The molecule has 1 heterocycles. The topological polar surface area (TPSA) is 55.0 Å². The van der Waals surface area contributed by atoms with E-state index in [2.05, 4.69) is 20.7 Å². The number of hydrogen-bond acceptors (Lipinski definition) is 3. The normalized spacial score (nSPS) is 11.1. The van der Waals surface area contributed by atoms with E-state index in [9.17, 15) is 18.0 Å².